The van der Waals surface area contributed by atoms with Crippen LogP contribution in [0.3, 0.4) is 0 Å². The third-order valence-corrected chi connectivity index (χ3v) is 3.11. The van der Waals surface area contributed by atoms with Crippen LogP contribution in [-0.4, -0.2) is 31.1 Å². The van der Waals surface area contributed by atoms with Crippen LogP contribution in [0.4, 0.5) is 0 Å². The number of carbonyl (C=O) groups is 2. The van der Waals surface area contributed by atoms with E-state index in [2.05, 4.69) is 4.74 Å². The number of rotatable bonds is 8. The number of aldehydes is 1. The molecule has 0 fully saturated rings. The maximum atomic E-state index is 10.9. The number of hydrogen-bond donors (Lipinski definition) is 1. The number of benzene rings is 1. The first-order chi connectivity index (χ1) is 9.60. The number of unbranched alkanes of at least 4 members (excludes halogenated alkanes) is 2. The van der Waals surface area contributed by atoms with Crippen LogP contribution in [-0.2, 0) is 9.53 Å². The van der Waals surface area contributed by atoms with Crippen molar-refractivity contribution < 1.29 is 24.2 Å². The number of hydrogen-bond acceptors (Lipinski definition) is 5. The Morgan fingerprint density at radius 1 is 1.35 bits per heavy atom. The number of phenolic OH excluding ortho intramolecular Hbond substituents is 1. The van der Waals surface area contributed by atoms with Gasteiger partial charge in [0.25, 0.3) is 0 Å². The van der Waals surface area contributed by atoms with Gasteiger partial charge in [0.15, 0.2) is 6.29 Å². The highest BCUT2D eigenvalue weighted by atomic mass is 35.5. The molecule has 1 aromatic carbocycles. The first kappa shape index (κ1) is 16.3. The molecular formula is C14H17ClO5. The Morgan fingerprint density at radius 3 is 2.75 bits per heavy atom. The average Bonchev–Trinajstić information content (AvgIpc) is 2.46. The quantitative estimate of drug-likeness (QED) is 0.454. The van der Waals surface area contributed by atoms with Gasteiger partial charge in [-0.3, -0.25) is 9.59 Å². The molecule has 0 atom stereocenters. The molecule has 1 aromatic rings. The van der Waals surface area contributed by atoms with Gasteiger partial charge in [0, 0.05) is 6.42 Å². The summed E-state index contributed by atoms with van der Waals surface area (Å²) in [6.07, 6.45) is 3.23. The van der Waals surface area contributed by atoms with E-state index in [4.69, 9.17) is 16.3 Å². The molecule has 0 aliphatic heterocycles. The monoisotopic (exact) mass is 300 g/mol. The van der Waals surface area contributed by atoms with Crippen LogP contribution in [0.25, 0.3) is 0 Å². The fourth-order valence-electron chi connectivity index (χ4n) is 1.60. The zero-order valence-corrected chi connectivity index (χ0v) is 12.0. The summed E-state index contributed by atoms with van der Waals surface area (Å²) in [5, 5.41) is 9.64. The lowest BCUT2D eigenvalue weighted by Crippen LogP contribution is -2.01. The molecule has 0 aromatic heterocycles. The third-order valence-electron chi connectivity index (χ3n) is 2.75. The highest BCUT2D eigenvalue weighted by Gasteiger charge is 2.11. The maximum Gasteiger partial charge on any atom is 0.305 e. The van der Waals surface area contributed by atoms with Gasteiger partial charge in [-0.15, -0.1) is 0 Å². The number of esters is 1. The van der Waals surface area contributed by atoms with E-state index in [1.54, 1.807) is 6.07 Å². The largest absolute Gasteiger partial charge is 0.505 e. The van der Waals surface area contributed by atoms with Crippen molar-refractivity contribution >= 4 is 23.9 Å². The minimum absolute atomic E-state index is 0.0316. The zero-order chi connectivity index (χ0) is 15.0. The van der Waals surface area contributed by atoms with E-state index in [-0.39, 0.29) is 22.3 Å². The molecule has 0 unspecified atom stereocenters. The Kier molecular flexibility index (Phi) is 6.87. The highest BCUT2D eigenvalue weighted by Crippen LogP contribution is 2.35. The molecule has 0 saturated carbocycles. The molecule has 0 saturated heterocycles. The first-order valence-corrected chi connectivity index (χ1v) is 6.64. The second-order valence-electron chi connectivity index (χ2n) is 4.17. The van der Waals surface area contributed by atoms with Crippen molar-refractivity contribution in [2.24, 2.45) is 0 Å². The number of aromatic hydroxyl groups is 1. The number of ether oxygens (including phenoxy) is 2. The van der Waals surface area contributed by atoms with Gasteiger partial charge in [0.2, 0.25) is 0 Å². The molecule has 0 aliphatic carbocycles. The summed E-state index contributed by atoms with van der Waals surface area (Å²) in [7, 11) is 1.36. The van der Waals surface area contributed by atoms with Gasteiger partial charge in [0.05, 0.1) is 19.3 Å². The Bertz CT molecular complexity index is 473. The van der Waals surface area contributed by atoms with Crippen LogP contribution in [0.2, 0.25) is 5.02 Å². The van der Waals surface area contributed by atoms with Crippen molar-refractivity contribution in [3.05, 3.63) is 22.7 Å². The minimum atomic E-state index is -0.273. The van der Waals surface area contributed by atoms with Crippen molar-refractivity contribution in [3.8, 4) is 11.5 Å². The molecular weight excluding hydrogens is 284 g/mol. The summed E-state index contributed by atoms with van der Waals surface area (Å²) in [6, 6.07) is 2.99. The fraction of sp³-hybridized carbons (Fsp3) is 0.429. The van der Waals surface area contributed by atoms with Gasteiger partial charge in [-0.2, -0.15) is 0 Å². The van der Waals surface area contributed by atoms with Gasteiger partial charge in [-0.1, -0.05) is 11.6 Å². The van der Waals surface area contributed by atoms with Crippen molar-refractivity contribution in [1.29, 1.82) is 0 Å². The fourth-order valence-corrected chi connectivity index (χ4v) is 1.83. The Balaban J connectivity index is 2.34. The van der Waals surface area contributed by atoms with Crippen molar-refractivity contribution in [3.63, 3.8) is 0 Å². The molecule has 0 aliphatic rings. The van der Waals surface area contributed by atoms with Crippen molar-refractivity contribution in [2.45, 2.75) is 25.7 Å². The predicted molar refractivity (Wildman–Crippen MR) is 74.5 cm³/mol. The molecule has 6 heteroatoms. The third kappa shape index (κ3) is 4.74. The number of halogens is 1. The zero-order valence-electron chi connectivity index (χ0n) is 11.2. The summed E-state index contributed by atoms with van der Waals surface area (Å²) in [6.45, 7) is 0.417. The summed E-state index contributed by atoms with van der Waals surface area (Å²) in [5.41, 5.74) is 0.125. The van der Waals surface area contributed by atoms with Crippen LogP contribution >= 0.6 is 11.6 Å². The second-order valence-corrected chi connectivity index (χ2v) is 4.55. The Hall–Kier alpha value is -1.75. The SMILES string of the molecule is COC(=O)CCCCCOc1ccc(C=O)c(O)c1Cl. The van der Waals surface area contributed by atoms with Crippen LogP contribution in [0, 0.1) is 0 Å². The van der Waals surface area contributed by atoms with Crippen LogP contribution in [0.1, 0.15) is 36.0 Å². The lowest BCUT2D eigenvalue weighted by atomic mass is 10.2. The van der Waals surface area contributed by atoms with Gasteiger partial charge >= 0.3 is 5.97 Å². The molecule has 1 rings (SSSR count). The summed E-state index contributed by atoms with van der Waals surface area (Å²) < 4.78 is 9.96. The van der Waals surface area contributed by atoms with E-state index in [0.717, 1.165) is 19.3 Å². The number of phenols is 1. The van der Waals surface area contributed by atoms with Crippen molar-refractivity contribution in [2.75, 3.05) is 13.7 Å². The molecule has 1 N–H and O–H groups in total. The molecule has 0 heterocycles. The van der Waals surface area contributed by atoms with E-state index >= 15 is 0 Å². The van der Waals surface area contributed by atoms with Crippen LogP contribution < -0.4 is 4.74 Å². The first-order valence-electron chi connectivity index (χ1n) is 6.26. The number of methoxy groups -OCH3 is 1. The van der Waals surface area contributed by atoms with Gasteiger partial charge < -0.3 is 14.6 Å². The highest BCUT2D eigenvalue weighted by molar-refractivity contribution is 6.33. The average molecular weight is 301 g/mol. The van der Waals surface area contributed by atoms with Crippen LogP contribution in [0.5, 0.6) is 11.5 Å². The molecule has 0 bridgehead atoms. The molecule has 20 heavy (non-hydrogen) atoms. The maximum absolute atomic E-state index is 10.9. The van der Waals surface area contributed by atoms with E-state index < -0.39 is 0 Å². The standard InChI is InChI=1S/C14H17ClO5/c1-19-12(17)5-3-2-4-8-20-11-7-6-10(9-16)14(18)13(11)15/h6-7,9,18H,2-5,8H2,1H3. The second kappa shape index (κ2) is 8.43. The van der Waals surface area contributed by atoms with Crippen LogP contribution in [0.15, 0.2) is 12.1 Å². The molecule has 0 amide bonds. The van der Waals surface area contributed by atoms with Gasteiger partial charge in [-0.05, 0) is 31.4 Å². The minimum Gasteiger partial charge on any atom is -0.505 e. The summed E-state index contributed by atoms with van der Waals surface area (Å²) >= 11 is 5.88. The Morgan fingerprint density at radius 2 is 2.10 bits per heavy atom. The van der Waals surface area contributed by atoms with E-state index in [1.165, 1.54) is 13.2 Å². The molecule has 5 nitrogen and oxygen atoms in total. The summed E-state index contributed by atoms with van der Waals surface area (Å²) in [4.78, 5) is 21.5. The van der Waals surface area contributed by atoms with Gasteiger partial charge in [-0.25, -0.2) is 0 Å². The molecule has 0 radical (unpaired) electrons. The van der Waals surface area contributed by atoms with Gasteiger partial charge in [0.1, 0.15) is 16.5 Å². The Labute approximate surface area is 122 Å². The molecule has 110 valence electrons. The summed E-state index contributed by atoms with van der Waals surface area (Å²) in [5.74, 6) is -0.157. The lowest BCUT2D eigenvalue weighted by molar-refractivity contribution is -0.140. The smallest absolute Gasteiger partial charge is 0.305 e. The van der Waals surface area contributed by atoms with Crippen molar-refractivity contribution in [1.82, 2.24) is 0 Å². The van der Waals surface area contributed by atoms with E-state index in [1.807, 2.05) is 0 Å². The lowest BCUT2D eigenvalue weighted by Gasteiger charge is -2.09. The topological polar surface area (TPSA) is 72.8 Å². The normalized spacial score (nSPS) is 10.1. The molecule has 0 spiro atoms. The van der Waals surface area contributed by atoms with E-state index in [9.17, 15) is 14.7 Å². The predicted octanol–water partition coefficient (Wildman–Crippen LogP) is 2.97. The number of carbonyl (C=O) groups excluding carboxylic acids is 2. The van der Waals surface area contributed by atoms with E-state index in [0.29, 0.717) is 25.1 Å².